The van der Waals surface area contributed by atoms with Crippen LogP contribution in [0.2, 0.25) is 0 Å². The van der Waals surface area contributed by atoms with Gasteiger partial charge in [-0.25, -0.2) is 0 Å². The number of hydrogen-bond acceptors (Lipinski definition) is 4. The fourth-order valence-electron chi connectivity index (χ4n) is 0.544. The molecule has 1 rings (SSSR count). The first-order chi connectivity index (χ1) is 4.58. The molecule has 1 aliphatic rings. The fourth-order valence-corrected chi connectivity index (χ4v) is 1.03. The van der Waals surface area contributed by atoms with Crippen LogP contribution < -0.4 is 5.10 Å². The summed E-state index contributed by atoms with van der Waals surface area (Å²) in [6.07, 6.45) is 4.46. The molecule has 0 aromatic rings. The zero-order valence-electron chi connectivity index (χ0n) is 5.01. The van der Waals surface area contributed by atoms with Crippen LogP contribution in [-0.4, -0.2) is 30.1 Å². The minimum absolute atomic E-state index is 0.486. The third-order valence-electron chi connectivity index (χ3n) is 0.855. The second-order valence-electron chi connectivity index (χ2n) is 1.76. The Hall–Kier alpha value is -0.880. The highest BCUT2D eigenvalue weighted by Crippen LogP contribution is 1.92. The van der Waals surface area contributed by atoms with Gasteiger partial charge in [0, 0.05) is 6.08 Å². The first kappa shape index (κ1) is 7.23. The van der Waals surface area contributed by atoms with Crippen LogP contribution in [0.3, 0.4) is 0 Å². The van der Waals surface area contributed by atoms with Gasteiger partial charge in [-0.2, -0.15) is 8.42 Å². The molecular weight excluding hydrogens is 156 g/mol. The molecule has 0 unspecified atom stereocenters. The van der Waals surface area contributed by atoms with E-state index in [9.17, 15) is 8.42 Å². The number of hydrazone groups is 1. The van der Waals surface area contributed by atoms with E-state index in [-0.39, 0.29) is 0 Å². The summed E-state index contributed by atoms with van der Waals surface area (Å²) >= 11 is 0. The predicted molar refractivity (Wildman–Crippen MR) is 35.6 cm³/mol. The number of hydrogen-bond donors (Lipinski definition) is 1. The van der Waals surface area contributed by atoms with Crippen molar-refractivity contribution in [2.45, 2.75) is 0 Å². The molecule has 0 amide bonds. The van der Waals surface area contributed by atoms with Gasteiger partial charge in [0.2, 0.25) is 5.88 Å². The first-order valence-corrected chi connectivity index (χ1v) is 4.11. The summed E-state index contributed by atoms with van der Waals surface area (Å²) in [5.74, 6) is -0.486. The van der Waals surface area contributed by atoms with Crippen molar-refractivity contribution in [1.82, 2.24) is 10.1 Å². The van der Waals surface area contributed by atoms with Crippen molar-refractivity contribution in [3.63, 3.8) is 0 Å². The molecule has 0 saturated heterocycles. The van der Waals surface area contributed by atoms with E-state index in [2.05, 4.69) is 5.10 Å². The second-order valence-corrected chi connectivity index (χ2v) is 3.18. The van der Waals surface area contributed by atoms with Gasteiger partial charge in [0.25, 0.3) is 16.3 Å². The normalized spacial score (nSPS) is 16.7. The van der Waals surface area contributed by atoms with Gasteiger partial charge >= 0.3 is 0 Å². The molecule has 1 heterocycles. The van der Waals surface area contributed by atoms with E-state index in [1.165, 1.54) is 12.4 Å². The minimum Gasteiger partial charge on any atom is -0.284 e. The van der Waals surface area contributed by atoms with Crippen molar-refractivity contribution in [3.8, 4) is 0 Å². The van der Waals surface area contributed by atoms with Gasteiger partial charge < -0.3 is 0 Å². The molecule has 0 aromatic heterocycles. The zero-order chi connectivity index (χ0) is 7.61. The summed E-state index contributed by atoms with van der Waals surface area (Å²) in [5, 5.41) is 4.70. The summed E-state index contributed by atoms with van der Waals surface area (Å²) in [4.78, 5) is 0. The highest BCUT2D eigenvalue weighted by molar-refractivity contribution is 7.85. The van der Waals surface area contributed by atoms with Crippen molar-refractivity contribution in [2.24, 2.45) is 0 Å². The maximum atomic E-state index is 10.2. The molecular formula is C4H6N2O3S+. The molecule has 1 radical (unpaired) electrons. The summed E-state index contributed by atoms with van der Waals surface area (Å²) in [7, 11) is -3.95. The largest absolute Gasteiger partial charge is 0.289 e. The smallest absolute Gasteiger partial charge is 0.284 e. The van der Waals surface area contributed by atoms with Crippen LogP contribution in [0.4, 0.5) is 0 Å². The Morgan fingerprint density at radius 1 is 1.60 bits per heavy atom. The Labute approximate surface area is 58.4 Å². The van der Waals surface area contributed by atoms with Crippen LogP contribution in [-0.2, 0) is 10.1 Å². The first-order valence-electron chi connectivity index (χ1n) is 2.50. The van der Waals surface area contributed by atoms with Gasteiger partial charge in [-0.3, -0.25) is 4.55 Å². The monoisotopic (exact) mass is 162 g/mol. The van der Waals surface area contributed by atoms with Gasteiger partial charge in [0.05, 0.1) is 6.20 Å². The SMILES string of the molecule is O=S(=O)(O)CN1C=CC=[N+]1. The van der Waals surface area contributed by atoms with E-state index in [1.54, 1.807) is 6.08 Å². The molecule has 0 spiro atoms. The van der Waals surface area contributed by atoms with Crippen LogP contribution in [0.15, 0.2) is 12.3 Å². The number of allylic oxidation sites excluding steroid dienone is 1. The van der Waals surface area contributed by atoms with E-state index < -0.39 is 16.0 Å². The Balaban J connectivity index is 2.56. The van der Waals surface area contributed by atoms with Gasteiger partial charge in [0.15, 0.2) is 5.10 Å². The molecule has 0 aliphatic carbocycles. The molecule has 1 N–H and O–H groups in total. The Kier molecular flexibility index (Phi) is 1.73. The second kappa shape index (κ2) is 2.39. The van der Waals surface area contributed by atoms with Crippen LogP contribution in [0.5, 0.6) is 0 Å². The van der Waals surface area contributed by atoms with Crippen LogP contribution in [0.1, 0.15) is 0 Å². The van der Waals surface area contributed by atoms with Crippen molar-refractivity contribution in [1.29, 1.82) is 0 Å². The number of rotatable bonds is 2. The lowest BCUT2D eigenvalue weighted by Crippen LogP contribution is -2.24. The van der Waals surface area contributed by atoms with Gasteiger partial charge in [-0.05, 0) is 0 Å². The molecule has 5 nitrogen and oxygen atoms in total. The average molecular weight is 162 g/mol. The lowest BCUT2D eigenvalue weighted by molar-refractivity contribution is 0.384. The Bertz CT molecular complexity index is 254. The van der Waals surface area contributed by atoms with E-state index in [1.807, 2.05) is 0 Å². The Morgan fingerprint density at radius 3 is 2.70 bits per heavy atom. The molecule has 0 bridgehead atoms. The third kappa shape index (κ3) is 2.16. The lowest BCUT2D eigenvalue weighted by Gasteiger charge is -1.95. The van der Waals surface area contributed by atoms with Crippen LogP contribution in [0, 0.1) is 0 Å². The van der Waals surface area contributed by atoms with Crippen LogP contribution >= 0.6 is 0 Å². The topological polar surface area (TPSA) is 71.7 Å². The number of nitrogens with zero attached hydrogens (tertiary/aromatic N) is 2. The fraction of sp³-hybridized carbons (Fsp3) is 0.250. The molecule has 0 fully saturated rings. The predicted octanol–water partition coefficient (Wildman–Crippen LogP) is -1.02. The van der Waals surface area contributed by atoms with Crippen molar-refractivity contribution >= 4 is 16.3 Å². The third-order valence-corrected chi connectivity index (χ3v) is 1.45. The summed E-state index contributed by atoms with van der Waals surface area (Å²) < 4.78 is 28.7. The van der Waals surface area contributed by atoms with Gasteiger partial charge in [0.1, 0.15) is 0 Å². The van der Waals surface area contributed by atoms with E-state index in [0.29, 0.717) is 0 Å². The molecule has 6 heteroatoms. The minimum atomic E-state index is -3.95. The lowest BCUT2D eigenvalue weighted by atomic mass is 10.7. The average Bonchev–Trinajstić information content (AvgIpc) is 2.12. The van der Waals surface area contributed by atoms with Gasteiger partial charge in [-0.1, -0.05) is 5.01 Å². The molecule has 0 saturated carbocycles. The summed E-state index contributed by atoms with van der Waals surface area (Å²) in [5.41, 5.74) is 0. The van der Waals surface area contributed by atoms with E-state index in [0.717, 1.165) is 5.01 Å². The maximum Gasteiger partial charge on any atom is 0.289 e. The molecule has 0 atom stereocenters. The zero-order valence-corrected chi connectivity index (χ0v) is 5.82. The van der Waals surface area contributed by atoms with Crippen molar-refractivity contribution in [2.75, 3.05) is 5.88 Å². The van der Waals surface area contributed by atoms with Crippen LogP contribution in [0.25, 0.3) is 0 Å². The van der Waals surface area contributed by atoms with Gasteiger partial charge in [-0.15, -0.1) is 0 Å². The van der Waals surface area contributed by atoms with E-state index >= 15 is 0 Å². The highest BCUT2D eigenvalue weighted by atomic mass is 32.2. The molecule has 10 heavy (non-hydrogen) atoms. The van der Waals surface area contributed by atoms with Crippen molar-refractivity contribution in [3.05, 3.63) is 12.3 Å². The maximum absolute atomic E-state index is 10.2. The molecule has 55 valence electrons. The molecule has 1 aliphatic heterocycles. The quantitative estimate of drug-likeness (QED) is 0.528. The Morgan fingerprint density at radius 2 is 2.30 bits per heavy atom. The summed E-state index contributed by atoms with van der Waals surface area (Å²) in [6.45, 7) is 0. The van der Waals surface area contributed by atoms with E-state index in [4.69, 9.17) is 4.55 Å². The highest BCUT2D eigenvalue weighted by Gasteiger charge is 2.18. The van der Waals surface area contributed by atoms with Crippen molar-refractivity contribution < 1.29 is 13.0 Å². The summed E-state index contributed by atoms with van der Waals surface area (Å²) in [6, 6.07) is 0. The molecule has 0 aromatic carbocycles. The standard InChI is InChI=1S/C4H6N2O3S/c7-10(8,9)4-6-3-1-2-5-6/h1-3H,4H2,(H,7,8,9)/q+1.